The van der Waals surface area contributed by atoms with Gasteiger partial charge >= 0.3 is 0 Å². The number of aromatic nitrogens is 2. The second-order valence-corrected chi connectivity index (χ2v) is 10.0. The molecule has 0 bridgehead atoms. The Bertz CT molecular complexity index is 1050. The molecular formula is C19H23ClN2O5S. The molecule has 9 heteroatoms. The number of ketones is 2. The maximum Gasteiger partial charge on any atom is 0.223 e. The van der Waals surface area contributed by atoms with E-state index in [2.05, 4.69) is 5.10 Å². The predicted octanol–water partition coefficient (Wildman–Crippen LogP) is 3.01. The monoisotopic (exact) mass is 426 g/mol. The number of rotatable bonds is 6. The number of nitrogens with zero attached hydrogens (tertiary/aromatic N) is 2. The second-order valence-electron chi connectivity index (χ2n) is 7.59. The third kappa shape index (κ3) is 4.62. The Morgan fingerprint density at radius 1 is 1.25 bits per heavy atom. The summed E-state index contributed by atoms with van der Waals surface area (Å²) in [6.07, 6.45) is 1.06. The Morgan fingerprint density at radius 3 is 2.36 bits per heavy atom. The van der Waals surface area contributed by atoms with Gasteiger partial charge in [-0.05, 0) is 25.1 Å². The summed E-state index contributed by atoms with van der Waals surface area (Å²) < 4.78 is 30.4. The third-order valence-corrected chi connectivity index (χ3v) is 5.61. The van der Waals surface area contributed by atoms with Crippen molar-refractivity contribution in [2.75, 3.05) is 12.9 Å². The average molecular weight is 427 g/mol. The molecule has 28 heavy (non-hydrogen) atoms. The Balaban J connectivity index is 2.43. The fourth-order valence-electron chi connectivity index (χ4n) is 2.46. The van der Waals surface area contributed by atoms with Gasteiger partial charge in [0.25, 0.3) is 0 Å². The van der Waals surface area contributed by atoms with Crippen LogP contribution in [0.4, 0.5) is 0 Å². The summed E-state index contributed by atoms with van der Waals surface area (Å²) in [7, 11) is -1.84. The molecule has 0 N–H and O–H groups in total. The minimum Gasteiger partial charge on any atom is -0.469 e. The summed E-state index contributed by atoms with van der Waals surface area (Å²) in [4.78, 5) is 25.3. The molecule has 0 spiro atoms. The van der Waals surface area contributed by atoms with Gasteiger partial charge in [-0.2, -0.15) is 5.10 Å². The Labute approximate surface area is 169 Å². The van der Waals surface area contributed by atoms with Crippen molar-refractivity contribution in [2.45, 2.75) is 32.6 Å². The van der Waals surface area contributed by atoms with Gasteiger partial charge in [-0.3, -0.25) is 9.59 Å². The van der Waals surface area contributed by atoms with Gasteiger partial charge < -0.3 is 4.74 Å². The van der Waals surface area contributed by atoms with Gasteiger partial charge in [-0.1, -0.05) is 32.4 Å². The van der Waals surface area contributed by atoms with E-state index in [-0.39, 0.29) is 39.3 Å². The van der Waals surface area contributed by atoms with Crippen LogP contribution in [0, 0.1) is 12.3 Å². The van der Waals surface area contributed by atoms with Gasteiger partial charge in [0, 0.05) is 24.3 Å². The second kappa shape index (κ2) is 7.67. The smallest absolute Gasteiger partial charge is 0.223 e. The molecule has 0 aliphatic carbocycles. The standard InChI is InChI=1S/C19H23ClN2O5S/c1-11-16(18(22(5)21-11)27-10-15(23)19(2,3)4)17(24)13-8-7-12(9-14(13)20)28(6,25)26/h7-9H,10H2,1-6H3. The molecule has 1 aromatic carbocycles. The zero-order valence-electron chi connectivity index (χ0n) is 16.7. The Kier molecular flexibility index (Phi) is 6.06. The predicted molar refractivity (Wildman–Crippen MR) is 106 cm³/mol. The first-order chi connectivity index (χ1) is 12.7. The van der Waals surface area contributed by atoms with Crippen LogP contribution in [0.25, 0.3) is 0 Å². The number of Topliss-reactive ketones (excluding diaryl/α,β-unsaturated/α-hetero) is 1. The van der Waals surface area contributed by atoms with Gasteiger partial charge in [0.05, 0.1) is 15.6 Å². The topological polar surface area (TPSA) is 95.3 Å². The minimum absolute atomic E-state index is 0.00731. The molecule has 152 valence electrons. The van der Waals surface area contributed by atoms with Crippen LogP contribution in [-0.4, -0.2) is 42.6 Å². The highest BCUT2D eigenvalue weighted by atomic mass is 35.5. The summed E-state index contributed by atoms with van der Waals surface area (Å²) in [6.45, 7) is 6.78. The minimum atomic E-state index is -3.45. The van der Waals surface area contributed by atoms with E-state index in [1.54, 1.807) is 34.7 Å². The first-order valence-corrected chi connectivity index (χ1v) is 10.7. The molecule has 0 aliphatic heterocycles. The lowest BCUT2D eigenvalue weighted by molar-refractivity contribution is -0.128. The van der Waals surface area contributed by atoms with E-state index in [9.17, 15) is 18.0 Å². The van der Waals surface area contributed by atoms with Crippen LogP contribution in [0.15, 0.2) is 23.1 Å². The quantitative estimate of drug-likeness (QED) is 0.659. The highest BCUT2D eigenvalue weighted by Crippen LogP contribution is 2.29. The molecule has 0 atom stereocenters. The van der Waals surface area contributed by atoms with Crippen LogP contribution in [-0.2, 0) is 21.7 Å². The molecule has 0 amide bonds. The fraction of sp³-hybridized carbons (Fsp3) is 0.421. The number of ether oxygens (including phenoxy) is 1. The molecule has 0 fully saturated rings. The van der Waals surface area contributed by atoms with E-state index in [4.69, 9.17) is 16.3 Å². The van der Waals surface area contributed by atoms with Crippen molar-refractivity contribution in [2.24, 2.45) is 12.5 Å². The maximum absolute atomic E-state index is 13.1. The van der Waals surface area contributed by atoms with E-state index in [0.29, 0.717) is 5.69 Å². The van der Waals surface area contributed by atoms with Crippen molar-refractivity contribution in [3.8, 4) is 5.88 Å². The van der Waals surface area contributed by atoms with Crippen LogP contribution in [0.2, 0.25) is 5.02 Å². The van der Waals surface area contributed by atoms with Crippen LogP contribution in [0.1, 0.15) is 42.4 Å². The summed E-state index contributed by atoms with van der Waals surface area (Å²) in [5, 5.41) is 4.21. The van der Waals surface area contributed by atoms with Crippen molar-refractivity contribution in [1.82, 2.24) is 9.78 Å². The Morgan fingerprint density at radius 2 is 1.86 bits per heavy atom. The Hall–Kier alpha value is -2.19. The number of halogens is 1. The normalized spacial score (nSPS) is 12.1. The third-order valence-electron chi connectivity index (χ3n) is 4.19. The van der Waals surface area contributed by atoms with Crippen molar-refractivity contribution in [3.63, 3.8) is 0 Å². The lowest BCUT2D eigenvalue weighted by Gasteiger charge is -2.17. The fourth-order valence-corrected chi connectivity index (χ4v) is 3.44. The largest absolute Gasteiger partial charge is 0.469 e. The molecule has 0 unspecified atom stereocenters. The maximum atomic E-state index is 13.1. The molecule has 1 heterocycles. The summed E-state index contributed by atoms with van der Waals surface area (Å²) in [5.74, 6) is -0.433. The zero-order valence-corrected chi connectivity index (χ0v) is 18.2. The van der Waals surface area contributed by atoms with Gasteiger partial charge in [0.15, 0.2) is 15.6 Å². The summed E-state index contributed by atoms with van der Waals surface area (Å²) in [6, 6.07) is 3.92. The summed E-state index contributed by atoms with van der Waals surface area (Å²) >= 11 is 6.17. The van der Waals surface area contributed by atoms with E-state index >= 15 is 0 Å². The number of hydrogen-bond acceptors (Lipinski definition) is 6. The zero-order chi connectivity index (χ0) is 21.4. The number of aryl methyl sites for hydroxylation is 2. The van der Waals surface area contributed by atoms with Crippen LogP contribution < -0.4 is 4.74 Å². The van der Waals surface area contributed by atoms with Gasteiger partial charge in [-0.15, -0.1) is 0 Å². The van der Waals surface area contributed by atoms with E-state index in [1.807, 2.05) is 0 Å². The number of sulfone groups is 1. The summed E-state index contributed by atoms with van der Waals surface area (Å²) in [5.41, 5.74) is 0.132. The van der Waals surface area contributed by atoms with Crippen LogP contribution in [0.5, 0.6) is 5.88 Å². The molecule has 7 nitrogen and oxygen atoms in total. The SMILES string of the molecule is Cc1nn(C)c(OCC(=O)C(C)(C)C)c1C(=O)c1ccc(S(C)(=O)=O)cc1Cl. The lowest BCUT2D eigenvalue weighted by atomic mass is 9.91. The molecular weight excluding hydrogens is 404 g/mol. The average Bonchev–Trinajstić information content (AvgIpc) is 2.83. The van der Waals surface area contributed by atoms with Crippen molar-refractivity contribution in [1.29, 1.82) is 0 Å². The van der Waals surface area contributed by atoms with Crippen LogP contribution in [0.3, 0.4) is 0 Å². The molecule has 0 saturated heterocycles. The van der Waals surface area contributed by atoms with Crippen molar-refractivity contribution in [3.05, 3.63) is 40.0 Å². The van der Waals surface area contributed by atoms with E-state index in [1.165, 1.54) is 22.9 Å². The molecule has 0 saturated carbocycles. The van der Waals surface area contributed by atoms with Crippen LogP contribution >= 0.6 is 11.6 Å². The number of carbonyl (C=O) groups is 2. The first kappa shape index (κ1) is 22.1. The molecule has 2 aromatic rings. The van der Waals surface area contributed by atoms with Gasteiger partial charge in [0.1, 0.15) is 12.2 Å². The highest BCUT2D eigenvalue weighted by Gasteiger charge is 2.27. The van der Waals surface area contributed by atoms with Gasteiger partial charge in [-0.25, -0.2) is 13.1 Å². The van der Waals surface area contributed by atoms with Crippen molar-refractivity contribution >= 4 is 33.0 Å². The number of benzene rings is 1. The molecule has 2 rings (SSSR count). The van der Waals surface area contributed by atoms with Crippen molar-refractivity contribution < 1.29 is 22.7 Å². The molecule has 0 aliphatic rings. The molecule has 0 radical (unpaired) electrons. The van der Waals surface area contributed by atoms with E-state index in [0.717, 1.165) is 6.26 Å². The number of carbonyl (C=O) groups excluding carboxylic acids is 2. The first-order valence-electron chi connectivity index (χ1n) is 8.47. The van der Waals surface area contributed by atoms with E-state index < -0.39 is 21.0 Å². The van der Waals surface area contributed by atoms with Gasteiger partial charge in [0.2, 0.25) is 11.7 Å². The lowest BCUT2D eigenvalue weighted by Crippen LogP contribution is -2.27. The highest BCUT2D eigenvalue weighted by molar-refractivity contribution is 7.90. The number of hydrogen-bond donors (Lipinski definition) is 0. The molecule has 1 aromatic heterocycles.